The highest BCUT2D eigenvalue weighted by molar-refractivity contribution is 7.20. The first-order valence-corrected chi connectivity index (χ1v) is 13.5. The van der Waals surface area contributed by atoms with Gasteiger partial charge in [-0.05, 0) is 61.8 Å². The number of anilines is 3. The van der Waals surface area contributed by atoms with Crippen molar-refractivity contribution in [3.05, 3.63) is 71.4 Å². The van der Waals surface area contributed by atoms with E-state index in [0.29, 0.717) is 27.9 Å². The van der Waals surface area contributed by atoms with Crippen LogP contribution in [0, 0.1) is 11.3 Å². The molecule has 3 heterocycles. The highest BCUT2D eigenvalue weighted by Gasteiger charge is 2.22. The number of aromatic nitrogens is 2. The van der Waals surface area contributed by atoms with E-state index in [1.807, 2.05) is 36.4 Å². The van der Waals surface area contributed by atoms with Crippen LogP contribution < -0.4 is 10.6 Å². The van der Waals surface area contributed by atoms with Gasteiger partial charge in [0, 0.05) is 41.6 Å². The Labute approximate surface area is 225 Å². The van der Waals surface area contributed by atoms with Crippen molar-refractivity contribution in [2.75, 3.05) is 36.8 Å². The number of benzene rings is 2. The summed E-state index contributed by atoms with van der Waals surface area (Å²) < 4.78 is 0. The lowest BCUT2D eigenvalue weighted by molar-refractivity contribution is 0.237. The molecule has 0 aliphatic carbocycles. The second-order valence-electron chi connectivity index (χ2n) is 8.90. The number of nitrogens with zero attached hydrogens (tertiary/aromatic N) is 4. The Morgan fingerprint density at radius 2 is 1.92 bits per heavy atom. The Bertz CT molecular complexity index is 1430. The molecule has 0 atom stereocenters. The van der Waals surface area contributed by atoms with Crippen LogP contribution >= 0.6 is 22.9 Å². The zero-order chi connectivity index (χ0) is 25.6. The second-order valence-corrected chi connectivity index (χ2v) is 10.4. The summed E-state index contributed by atoms with van der Waals surface area (Å²) in [7, 11) is 0. The van der Waals surface area contributed by atoms with Gasteiger partial charge in [0.05, 0.1) is 16.1 Å². The van der Waals surface area contributed by atoms with Gasteiger partial charge in [0.2, 0.25) is 5.95 Å². The fourth-order valence-electron chi connectivity index (χ4n) is 4.53. The maximum Gasteiger partial charge on any atom is 0.227 e. The zero-order valence-electron chi connectivity index (χ0n) is 20.2. The van der Waals surface area contributed by atoms with Gasteiger partial charge in [0.1, 0.15) is 16.8 Å². The molecule has 4 aromatic rings. The van der Waals surface area contributed by atoms with Crippen LogP contribution in [0.5, 0.6) is 5.75 Å². The summed E-state index contributed by atoms with van der Waals surface area (Å²) >= 11 is 7.85. The topological polar surface area (TPSA) is 97.1 Å². The summed E-state index contributed by atoms with van der Waals surface area (Å²) in [6.45, 7) is 3.96. The van der Waals surface area contributed by atoms with Crippen LogP contribution in [0.25, 0.3) is 21.7 Å². The smallest absolute Gasteiger partial charge is 0.227 e. The Hall–Kier alpha value is -3.64. The molecular formula is C28H27ClN6OS. The number of nitrogens with one attached hydrogen (secondary N) is 2. The lowest BCUT2D eigenvalue weighted by atomic mass is 10.0. The molecule has 1 fully saturated rings. The summed E-state index contributed by atoms with van der Waals surface area (Å²) in [5.41, 5.74) is 3.62. The second kappa shape index (κ2) is 11.6. The van der Waals surface area contributed by atoms with Crippen LogP contribution in [0.4, 0.5) is 16.6 Å². The normalized spacial score (nSPS) is 13.7. The first-order chi connectivity index (χ1) is 18.1. The van der Waals surface area contributed by atoms with Crippen molar-refractivity contribution >= 4 is 39.6 Å². The first kappa shape index (κ1) is 25.0. The number of phenolic OH excluding ortho intramolecular Hbond substituents is 1. The van der Waals surface area contributed by atoms with Crippen molar-refractivity contribution < 1.29 is 5.11 Å². The van der Waals surface area contributed by atoms with E-state index in [1.54, 1.807) is 24.4 Å². The Morgan fingerprint density at radius 3 is 2.70 bits per heavy atom. The average Bonchev–Trinajstić information content (AvgIpc) is 3.28. The predicted molar refractivity (Wildman–Crippen MR) is 151 cm³/mol. The van der Waals surface area contributed by atoms with E-state index < -0.39 is 0 Å². The van der Waals surface area contributed by atoms with Gasteiger partial charge in [0.15, 0.2) is 0 Å². The van der Waals surface area contributed by atoms with Crippen molar-refractivity contribution in [2.45, 2.75) is 19.3 Å². The van der Waals surface area contributed by atoms with Crippen LogP contribution in [-0.2, 0) is 0 Å². The van der Waals surface area contributed by atoms with E-state index in [-0.39, 0.29) is 5.75 Å². The fourth-order valence-corrected chi connectivity index (χ4v) is 5.89. The molecule has 7 nitrogen and oxygen atoms in total. The third kappa shape index (κ3) is 6.03. The molecule has 0 amide bonds. The van der Waals surface area contributed by atoms with E-state index in [4.69, 9.17) is 16.6 Å². The van der Waals surface area contributed by atoms with Gasteiger partial charge in [-0.1, -0.05) is 36.2 Å². The fraction of sp³-hybridized carbons (Fsp3) is 0.250. The molecule has 0 saturated carbocycles. The molecule has 9 heteroatoms. The summed E-state index contributed by atoms with van der Waals surface area (Å²) in [5, 5.41) is 28.1. The molecule has 188 valence electrons. The van der Waals surface area contributed by atoms with E-state index in [9.17, 15) is 10.4 Å². The lowest BCUT2D eigenvalue weighted by Gasteiger charge is -2.26. The summed E-state index contributed by atoms with van der Waals surface area (Å²) in [6.07, 6.45) is 5.49. The lowest BCUT2D eigenvalue weighted by Crippen LogP contribution is -2.33. The van der Waals surface area contributed by atoms with Crippen molar-refractivity contribution in [3.8, 4) is 33.5 Å². The molecule has 0 radical (unpaired) electrons. The van der Waals surface area contributed by atoms with Crippen molar-refractivity contribution in [1.82, 2.24) is 14.9 Å². The number of hydrogen-bond acceptors (Lipinski definition) is 8. The monoisotopic (exact) mass is 530 g/mol. The van der Waals surface area contributed by atoms with Gasteiger partial charge in [-0.2, -0.15) is 5.26 Å². The predicted octanol–water partition coefficient (Wildman–Crippen LogP) is 6.74. The minimum Gasteiger partial charge on any atom is -0.508 e. The summed E-state index contributed by atoms with van der Waals surface area (Å²) in [6, 6.07) is 18.6. The van der Waals surface area contributed by atoms with Gasteiger partial charge in [-0.15, -0.1) is 11.3 Å². The van der Waals surface area contributed by atoms with Gasteiger partial charge in [-0.25, -0.2) is 9.97 Å². The Kier molecular flexibility index (Phi) is 7.85. The quantitative estimate of drug-likeness (QED) is 0.232. The number of phenols is 1. The number of likely N-dealkylation sites (tertiary alicyclic amines) is 1. The van der Waals surface area contributed by atoms with Crippen LogP contribution in [0.3, 0.4) is 0 Å². The maximum atomic E-state index is 10.2. The van der Waals surface area contributed by atoms with Crippen LogP contribution in [-0.4, -0.2) is 46.2 Å². The Morgan fingerprint density at radius 1 is 1.08 bits per heavy atom. The van der Waals surface area contributed by atoms with Crippen molar-refractivity contribution in [1.29, 1.82) is 5.26 Å². The third-order valence-electron chi connectivity index (χ3n) is 6.29. The molecule has 2 aromatic carbocycles. The van der Waals surface area contributed by atoms with Crippen LogP contribution in [0.1, 0.15) is 24.8 Å². The number of rotatable bonds is 8. The summed E-state index contributed by atoms with van der Waals surface area (Å²) in [4.78, 5) is 12.4. The highest BCUT2D eigenvalue weighted by Crippen LogP contribution is 2.45. The van der Waals surface area contributed by atoms with Gasteiger partial charge in [-0.3, -0.25) is 0 Å². The highest BCUT2D eigenvalue weighted by atomic mass is 35.5. The van der Waals surface area contributed by atoms with E-state index in [1.165, 1.54) is 30.6 Å². The largest absolute Gasteiger partial charge is 0.508 e. The molecule has 0 bridgehead atoms. The number of thiophene rings is 1. The molecule has 2 aromatic heterocycles. The molecule has 1 aliphatic heterocycles. The van der Waals surface area contributed by atoms with Crippen LogP contribution in [0.2, 0.25) is 5.02 Å². The molecule has 1 aliphatic rings. The molecule has 3 N–H and O–H groups in total. The molecule has 0 spiro atoms. The average molecular weight is 531 g/mol. The number of nitriles is 1. The standard InChI is InChI=1S/C28H27ClN6OS/c29-20-7-4-6-19(16-20)25-23(18-30)27(31-12-15-35-13-2-1-3-14-35)37-26(25)24-10-11-32-28(34-24)33-21-8-5-9-22(36)17-21/h4-11,16-17,31,36H,1-3,12-15H2,(H,32,33,34). The molecule has 37 heavy (non-hydrogen) atoms. The van der Waals surface area contributed by atoms with E-state index in [0.717, 1.165) is 47.2 Å². The van der Waals surface area contributed by atoms with E-state index >= 15 is 0 Å². The third-order valence-corrected chi connectivity index (χ3v) is 7.69. The molecule has 0 unspecified atom stereocenters. The SMILES string of the molecule is N#Cc1c(NCCN2CCCCC2)sc(-c2ccnc(Nc3cccc(O)c3)n2)c1-c1cccc(Cl)c1. The molecule has 1 saturated heterocycles. The first-order valence-electron chi connectivity index (χ1n) is 12.3. The number of aromatic hydroxyl groups is 1. The van der Waals surface area contributed by atoms with Gasteiger partial charge in [0.25, 0.3) is 0 Å². The van der Waals surface area contributed by atoms with Gasteiger partial charge >= 0.3 is 0 Å². The minimum absolute atomic E-state index is 0.154. The van der Waals surface area contributed by atoms with Crippen molar-refractivity contribution in [3.63, 3.8) is 0 Å². The summed E-state index contributed by atoms with van der Waals surface area (Å²) in [5.74, 6) is 0.549. The maximum absolute atomic E-state index is 10.2. The van der Waals surface area contributed by atoms with Crippen molar-refractivity contribution in [2.24, 2.45) is 0 Å². The molecular weight excluding hydrogens is 504 g/mol. The molecule has 5 rings (SSSR count). The minimum atomic E-state index is 0.154. The zero-order valence-corrected chi connectivity index (χ0v) is 21.8. The number of halogens is 1. The number of hydrogen-bond donors (Lipinski definition) is 3. The van der Waals surface area contributed by atoms with Crippen LogP contribution in [0.15, 0.2) is 60.8 Å². The number of piperidine rings is 1. The van der Waals surface area contributed by atoms with Gasteiger partial charge < -0.3 is 20.6 Å². The van der Waals surface area contributed by atoms with E-state index in [2.05, 4.69) is 26.6 Å². The Balaban J connectivity index is 1.49.